The molecule has 0 amide bonds. The van der Waals surface area contributed by atoms with Crippen LogP contribution in [0.3, 0.4) is 0 Å². The highest BCUT2D eigenvalue weighted by atomic mass is 32.2. The Labute approximate surface area is 196 Å². The number of ketones is 1. The van der Waals surface area contributed by atoms with Crippen LogP contribution < -0.4 is 10.3 Å². The number of para-hydroxylation sites is 1. The van der Waals surface area contributed by atoms with Crippen LogP contribution >= 0.6 is 23.1 Å². The smallest absolute Gasteiger partial charge is 0.263 e. The molecule has 0 bridgehead atoms. The van der Waals surface area contributed by atoms with Gasteiger partial charge in [0.05, 0.1) is 23.8 Å². The molecule has 2 heterocycles. The number of hydrogen-bond donors (Lipinski definition) is 0. The van der Waals surface area contributed by atoms with Crippen LogP contribution in [0.1, 0.15) is 40.1 Å². The van der Waals surface area contributed by atoms with Crippen molar-refractivity contribution < 1.29 is 9.53 Å². The molecule has 1 aliphatic carbocycles. The van der Waals surface area contributed by atoms with Gasteiger partial charge in [-0.3, -0.25) is 14.2 Å². The molecule has 0 aliphatic heterocycles. The molecule has 170 valence electrons. The second-order valence-corrected chi connectivity index (χ2v) is 10.3. The van der Waals surface area contributed by atoms with E-state index in [9.17, 15) is 9.59 Å². The lowest BCUT2D eigenvalue weighted by Crippen LogP contribution is -2.26. The van der Waals surface area contributed by atoms with Crippen LogP contribution in [0.2, 0.25) is 0 Å². The number of rotatable bonds is 9. The summed E-state index contributed by atoms with van der Waals surface area (Å²) in [7, 11) is 5.62. The molecule has 32 heavy (non-hydrogen) atoms. The Balaban J connectivity index is 1.67. The van der Waals surface area contributed by atoms with Gasteiger partial charge in [-0.2, -0.15) is 0 Å². The van der Waals surface area contributed by atoms with Gasteiger partial charge in [0.2, 0.25) is 0 Å². The van der Waals surface area contributed by atoms with Crippen molar-refractivity contribution in [3.63, 3.8) is 0 Å². The Bertz CT molecular complexity index is 1180. The second kappa shape index (κ2) is 10.2. The van der Waals surface area contributed by atoms with Crippen molar-refractivity contribution in [2.75, 3.05) is 33.5 Å². The molecule has 0 N–H and O–H groups in total. The zero-order valence-corrected chi connectivity index (χ0v) is 20.5. The number of aryl methyl sites for hydroxylation is 2. The Hall–Kier alpha value is -2.16. The fourth-order valence-corrected chi connectivity index (χ4v) is 6.37. The quantitative estimate of drug-likeness (QED) is 0.264. The molecule has 8 heteroatoms. The third-order valence-corrected chi connectivity index (χ3v) is 7.93. The van der Waals surface area contributed by atoms with E-state index in [2.05, 4.69) is 4.90 Å². The van der Waals surface area contributed by atoms with Gasteiger partial charge in [0, 0.05) is 11.4 Å². The van der Waals surface area contributed by atoms with Crippen molar-refractivity contribution in [1.29, 1.82) is 0 Å². The molecule has 1 aliphatic rings. The molecule has 4 rings (SSSR count). The summed E-state index contributed by atoms with van der Waals surface area (Å²) in [5.41, 5.74) is 1.80. The number of aromatic nitrogens is 2. The minimum atomic E-state index is -0.0351. The maximum absolute atomic E-state index is 13.6. The number of hydrogen-bond acceptors (Lipinski definition) is 7. The van der Waals surface area contributed by atoms with Gasteiger partial charge in [-0.25, -0.2) is 4.98 Å². The average molecular weight is 472 g/mol. The van der Waals surface area contributed by atoms with E-state index in [0.29, 0.717) is 23.0 Å². The molecule has 0 saturated carbocycles. The van der Waals surface area contributed by atoms with Crippen molar-refractivity contribution >= 4 is 39.1 Å². The number of nitrogens with zero attached hydrogens (tertiary/aromatic N) is 3. The number of thioether (sulfide) groups is 1. The van der Waals surface area contributed by atoms with Crippen LogP contribution in [-0.4, -0.2) is 53.7 Å². The van der Waals surface area contributed by atoms with E-state index < -0.39 is 0 Å². The number of methoxy groups -OCH3 is 1. The fraction of sp³-hybridized carbons (Fsp3) is 0.458. The largest absolute Gasteiger partial charge is 0.496 e. The lowest BCUT2D eigenvalue weighted by molar-refractivity contribution is 0.101. The van der Waals surface area contributed by atoms with E-state index >= 15 is 0 Å². The molecule has 0 unspecified atom stereocenters. The van der Waals surface area contributed by atoms with E-state index in [4.69, 9.17) is 9.72 Å². The topological polar surface area (TPSA) is 64.4 Å². The Morgan fingerprint density at radius 1 is 1.25 bits per heavy atom. The summed E-state index contributed by atoms with van der Waals surface area (Å²) in [4.78, 5) is 35.6. The molecule has 0 atom stereocenters. The zero-order valence-electron chi connectivity index (χ0n) is 18.8. The maximum atomic E-state index is 13.6. The first-order valence-electron chi connectivity index (χ1n) is 11.0. The summed E-state index contributed by atoms with van der Waals surface area (Å²) >= 11 is 2.99. The monoisotopic (exact) mass is 471 g/mol. The number of ether oxygens (including phenoxy) is 1. The van der Waals surface area contributed by atoms with Crippen molar-refractivity contribution in [2.24, 2.45) is 0 Å². The minimum Gasteiger partial charge on any atom is -0.496 e. The van der Waals surface area contributed by atoms with Crippen LogP contribution in [0, 0.1) is 0 Å². The first-order valence-corrected chi connectivity index (χ1v) is 12.8. The highest BCUT2D eigenvalue weighted by molar-refractivity contribution is 7.99. The molecular formula is C24H29N3O3S2. The maximum Gasteiger partial charge on any atom is 0.263 e. The fourth-order valence-electron chi connectivity index (χ4n) is 4.16. The van der Waals surface area contributed by atoms with Crippen molar-refractivity contribution in [3.8, 4) is 5.75 Å². The zero-order chi connectivity index (χ0) is 22.7. The van der Waals surface area contributed by atoms with Gasteiger partial charge in [0.1, 0.15) is 10.6 Å². The van der Waals surface area contributed by atoms with Crippen LogP contribution in [0.25, 0.3) is 10.2 Å². The van der Waals surface area contributed by atoms with E-state index in [-0.39, 0.29) is 17.1 Å². The van der Waals surface area contributed by atoms with Gasteiger partial charge in [0.25, 0.3) is 5.56 Å². The summed E-state index contributed by atoms with van der Waals surface area (Å²) in [6.45, 7) is 1.48. The van der Waals surface area contributed by atoms with Crippen molar-refractivity contribution in [1.82, 2.24) is 14.5 Å². The minimum absolute atomic E-state index is 0.0351. The van der Waals surface area contributed by atoms with Gasteiger partial charge in [-0.15, -0.1) is 11.3 Å². The Morgan fingerprint density at radius 2 is 2.03 bits per heavy atom. The third-order valence-electron chi connectivity index (χ3n) is 5.77. The predicted octanol–water partition coefficient (Wildman–Crippen LogP) is 4.27. The number of carbonyl (C=O) groups is 1. The van der Waals surface area contributed by atoms with Gasteiger partial charge in [0.15, 0.2) is 10.9 Å². The van der Waals surface area contributed by atoms with Crippen LogP contribution in [0.5, 0.6) is 5.75 Å². The average Bonchev–Trinajstić information content (AvgIpc) is 3.17. The summed E-state index contributed by atoms with van der Waals surface area (Å²) < 4.78 is 7.12. The van der Waals surface area contributed by atoms with Gasteiger partial charge >= 0.3 is 0 Å². The Kier molecular flexibility index (Phi) is 7.33. The van der Waals surface area contributed by atoms with Crippen molar-refractivity contribution in [2.45, 2.75) is 43.8 Å². The molecule has 0 radical (unpaired) electrons. The molecule has 0 fully saturated rings. The molecule has 3 aromatic rings. The molecule has 1 aromatic carbocycles. The normalized spacial score (nSPS) is 13.5. The highest BCUT2D eigenvalue weighted by Crippen LogP contribution is 2.35. The second-order valence-electron chi connectivity index (χ2n) is 8.31. The third kappa shape index (κ3) is 4.77. The molecule has 0 saturated heterocycles. The molecule has 6 nitrogen and oxygen atoms in total. The summed E-state index contributed by atoms with van der Waals surface area (Å²) in [5, 5.41) is 1.43. The van der Waals surface area contributed by atoms with E-state index in [0.717, 1.165) is 42.4 Å². The molecular weight excluding hydrogens is 442 g/mol. The van der Waals surface area contributed by atoms with E-state index in [1.807, 2.05) is 26.2 Å². The number of benzene rings is 1. The number of fused-ring (bicyclic) bond motifs is 3. The first kappa shape index (κ1) is 23.0. The lowest BCUT2D eigenvalue weighted by Gasteiger charge is -2.15. The van der Waals surface area contributed by atoms with Crippen LogP contribution in [-0.2, 0) is 19.4 Å². The van der Waals surface area contributed by atoms with E-state index in [1.165, 1.54) is 28.6 Å². The van der Waals surface area contributed by atoms with Gasteiger partial charge in [-0.05, 0) is 70.4 Å². The molecule has 0 spiro atoms. The van der Waals surface area contributed by atoms with Gasteiger partial charge < -0.3 is 9.64 Å². The van der Waals surface area contributed by atoms with Crippen LogP contribution in [0.4, 0.5) is 0 Å². The van der Waals surface area contributed by atoms with E-state index in [1.54, 1.807) is 35.1 Å². The first-order chi connectivity index (χ1) is 15.5. The summed E-state index contributed by atoms with van der Waals surface area (Å²) in [6, 6.07) is 7.24. The SMILES string of the molecule is COc1ccccc1C(=O)CSc1nc2sc3c(c2c(=O)n1CCCN(C)C)CCCC3. The summed E-state index contributed by atoms with van der Waals surface area (Å²) in [5.74, 6) is 0.736. The lowest BCUT2D eigenvalue weighted by atomic mass is 9.97. The molecule has 2 aromatic heterocycles. The standard InChI is InChI=1S/C24H29N3O3S2/c1-26(2)13-8-14-27-23(29)21-17-10-5-7-12-20(17)32-22(21)25-24(27)31-15-18(28)16-9-4-6-11-19(16)30-3/h4,6,9,11H,5,7-8,10,12-15H2,1-3H3. The highest BCUT2D eigenvalue weighted by Gasteiger charge is 2.23. The number of thiophene rings is 1. The Morgan fingerprint density at radius 3 is 2.81 bits per heavy atom. The number of Topliss-reactive ketones (excluding diaryl/α,β-unsaturated/α-hetero) is 1. The number of carbonyl (C=O) groups excluding carboxylic acids is 1. The van der Waals surface area contributed by atoms with Gasteiger partial charge in [-0.1, -0.05) is 23.9 Å². The predicted molar refractivity (Wildman–Crippen MR) is 132 cm³/mol. The van der Waals surface area contributed by atoms with Crippen LogP contribution in [0.15, 0.2) is 34.2 Å². The van der Waals surface area contributed by atoms with Crippen molar-refractivity contribution in [3.05, 3.63) is 50.6 Å². The summed E-state index contributed by atoms with van der Waals surface area (Å²) in [6.07, 6.45) is 5.14.